The Morgan fingerprint density at radius 2 is 2.21 bits per heavy atom. The highest BCUT2D eigenvalue weighted by Gasteiger charge is 2.13. The van der Waals surface area contributed by atoms with Gasteiger partial charge in [0.2, 0.25) is 0 Å². The molecule has 1 heterocycles. The van der Waals surface area contributed by atoms with Gasteiger partial charge < -0.3 is 14.5 Å². The summed E-state index contributed by atoms with van der Waals surface area (Å²) in [6.07, 6.45) is 9.17. The number of rotatable bonds is 6. The molecule has 0 bridgehead atoms. The van der Waals surface area contributed by atoms with E-state index >= 15 is 0 Å². The fourth-order valence-corrected chi connectivity index (χ4v) is 2.47. The van der Waals surface area contributed by atoms with Crippen LogP contribution in [0.3, 0.4) is 0 Å². The molecule has 1 aromatic heterocycles. The van der Waals surface area contributed by atoms with Crippen LogP contribution in [-0.4, -0.2) is 25.2 Å². The Morgan fingerprint density at radius 1 is 1.42 bits per heavy atom. The smallest absolute Gasteiger partial charge is 0.254 e. The number of hydrogen-bond acceptors (Lipinski definition) is 3. The number of furan rings is 1. The van der Waals surface area contributed by atoms with Crippen LogP contribution in [0.1, 0.15) is 54.6 Å². The van der Waals surface area contributed by atoms with Crippen molar-refractivity contribution in [2.45, 2.75) is 51.6 Å². The monoisotopic (exact) mass is 265 g/mol. The Labute approximate surface area is 114 Å². The van der Waals surface area contributed by atoms with Gasteiger partial charge in [-0.3, -0.25) is 4.79 Å². The molecule has 1 aliphatic carbocycles. The van der Waals surface area contributed by atoms with Gasteiger partial charge in [0.05, 0.1) is 17.9 Å². The molecule has 19 heavy (non-hydrogen) atoms. The van der Waals surface area contributed by atoms with Crippen molar-refractivity contribution in [1.29, 1.82) is 0 Å². The Morgan fingerprint density at radius 3 is 2.89 bits per heavy atom. The maximum atomic E-state index is 11.8. The van der Waals surface area contributed by atoms with E-state index in [0.717, 1.165) is 13.0 Å². The molecule has 106 valence electrons. The van der Waals surface area contributed by atoms with Gasteiger partial charge in [-0.25, -0.2) is 0 Å². The molecule has 0 radical (unpaired) electrons. The van der Waals surface area contributed by atoms with Crippen molar-refractivity contribution in [1.82, 2.24) is 5.32 Å². The van der Waals surface area contributed by atoms with E-state index in [0.29, 0.717) is 24.0 Å². The Kier molecular flexibility index (Phi) is 5.45. The van der Waals surface area contributed by atoms with Gasteiger partial charge in [0.25, 0.3) is 5.91 Å². The first-order valence-electron chi connectivity index (χ1n) is 7.21. The molecule has 0 aromatic carbocycles. The van der Waals surface area contributed by atoms with Gasteiger partial charge in [0.15, 0.2) is 0 Å². The summed E-state index contributed by atoms with van der Waals surface area (Å²) in [6.45, 7) is 3.17. The highest BCUT2D eigenvalue weighted by atomic mass is 16.5. The third kappa shape index (κ3) is 4.39. The lowest BCUT2D eigenvalue weighted by molar-refractivity contribution is 0.0273. The van der Waals surface area contributed by atoms with E-state index in [1.807, 2.05) is 0 Å². The minimum Gasteiger partial charge on any atom is -0.469 e. The number of nitrogens with one attached hydrogen (secondary N) is 1. The third-order valence-electron chi connectivity index (χ3n) is 3.62. The minimum absolute atomic E-state index is 0.0658. The second kappa shape index (κ2) is 7.34. The maximum absolute atomic E-state index is 11.8. The zero-order chi connectivity index (χ0) is 13.5. The molecule has 1 saturated carbocycles. The molecule has 1 aromatic rings. The summed E-state index contributed by atoms with van der Waals surface area (Å²) >= 11 is 0. The first kappa shape index (κ1) is 14.1. The fraction of sp³-hybridized carbons (Fsp3) is 0.667. The molecule has 0 saturated heterocycles. The first-order chi connectivity index (χ1) is 9.27. The van der Waals surface area contributed by atoms with Crippen LogP contribution in [0.15, 0.2) is 16.7 Å². The predicted octanol–water partition coefficient (Wildman–Crippen LogP) is 3.06. The molecule has 4 nitrogen and oxygen atoms in total. The van der Waals surface area contributed by atoms with Gasteiger partial charge in [0, 0.05) is 13.2 Å². The van der Waals surface area contributed by atoms with Gasteiger partial charge in [-0.2, -0.15) is 0 Å². The molecule has 1 aliphatic rings. The lowest BCUT2D eigenvalue weighted by Gasteiger charge is -2.21. The number of hydrogen-bond donors (Lipinski definition) is 1. The van der Waals surface area contributed by atoms with Crippen LogP contribution in [0.4, 0.5) is 0 Å². The SMILES string of the molecule is Cc1occc1C(=O)NCCCOC1CCCCC1. The number of ether oxygens (including phenoxy) is 1. The molecule has 1 N–H and O–H groups in total. The molecular weight excluding hydrogens is 242 g/mol. The summed E-state index contributed by atoms with van der Waals surface area (Å²) < 4.78 is 10.9. The summed E-state index contributed by atoms with van der Waals surface area (Å²) in [7, 11) is 0. The van der Waals surface area contributed by atoms with Crippen LogP contribution >= 0.6 is 0 Å². The van der Waals surface area contributed by atoms with Crippen LogP contribution in [0.25, 0.3) is 0 Å². The number of aryl methyl sites for hydroxylation is 1. The quantitative estimate of drug-likeness (QED) is 0.804. The van der Waals surface area contributed by atoms with E-state index in [4.69, 9.17) is 9.15 Å². The highest BCUT2D eigenvalue weighted by molar-refractivity contribution is 5.94. The normalized spacial score (nSPS) is 16.5. The summed E-state index contributed by atoms with van der Waals surface area (Å²) in [5, 5.41) is 2.88. The zero-order valence-corrected chi connectivity index (χ0v) is 11.6. The van der Waals surface area contributed by atoms with Gasteiger partial charge in [-0.1, -0.05) is 19.3 Å². The van der Waals surface area contributed by atoms with Crippen molar-refractivity contribution in [3.63, 3.8) is 0 Å². The first-order valence-corrected chi connectivity index (χ1v) is 7.21. The van der Waals surface area contributed by atoms with E-state index in [9.17, 15) is 4.79 Å². The topological polar surface area (TPSA) is 51.5 Å². The second-order valence-corrected chi connectivity index (χ2v) is 5.13. The molecular formula is C15H23NO3. The fourth-order valence-electron chi connectivity index (χ4n) is 2.47. The van der Waals surface area contributed by atoms with Gasteiger partial charge in [0.1, 0.15) is 5.76 Å². The highest BCUT2D eigenvalue weighted by Crippen LogP contribution is 2.20. The van der Waals surface area contributed by atoms with Crippen molar-refractivity contribution in [2.24, 2.45) is 0 Å². The molecule has 0 atom stereocenters. The van der Waals surface area contributed by atoms with Crippen LogP contribution in [0.5, 0.6) is 0 Å². The van der Waals surface area contributed by atoms with Gasteiger partial charge in [-0.15, -0.1) is 0 Å². The van der Waals surface area contributed by atoms with Crippen molar-refractivity contribution in [3.05, 3.63) is 23.7 Å². The summed E-state index contributed by atoms with van der Waals surface area (Å²) in [5.41, 5.74) is 0.619. The largest absolute Gasteiger partial charge is 0.469 e. The number of amides is 1. The van der Waals surface area contributed by atoms with Gasteiger partial charge in [-0.05, 0) is 32.3 Å². The lowest BCUT2D eigenvalue weighted by Crippen LogP contribution is -2.26. The van der Waals surface area contributed by atoms with Crippen LogP contribution in [0, 0.1) is 6.92 Å². The Bertz CT molecular complexity index is 394. The predicted molar refractivity (Wildman–Crippen MR) is 73.2 cm³/mol. The summed E-state index contributed by atoms with van der Waals surface area (Å²) in [6, 6.07) is 1.70. The molecule has 4 heteroatoms. The summed E-state index contributed by atoms with van der Waals surface area (Å²) in [4.78, 5) is 11.8. The average molecular weight is 265 g/mol. The average Bonchev–Trinajstić information content (AvgIpc) is 2.86. The zero-order valence-electron chi connectivity index (χ0n) is 11.6. The molecule has 1 fully saturated rings. The van der Waals surface area contributed by atoms with E-state index in [-0.39, 0.29) is 5.91 Å². The lowest BCUT2D eigenvalue weighted by atomic mass is 9.98. The van der Waals surface area contributed by atoms with Crippen LogP contribution in [-0.2, 0) is 4.74 Å². The van der Waals surface area contributed by atoms with Crippen LogP contribution in [0.2, 0.25) is 0 Å². The molecule has 0 unspecified atom stereocenters. The molecule has 0 spiro atoms. The van der Waals surface area contributed by atoms with Crippen molar-refractivity contribution in [2.75, 3.05) is 13.2 Å². The maximum Gasteiger partial charge on any atom is 0.254 e. The standard InChI is InChI=1S/C15H23NO3/c1-12-14(8-11-18-12)15(17)16-9-5-10-19-13-6-3-2-4-7-13/h8,11,13H,2-7,9-10H2,1H3,(H,16,17). The molecule has 0 aliphatic heterocycles. The second-order valence-electron chi connectivity index (χ2n) is 5.13. The van der Waals surface area contributed by atoms with E-state index in [1.165, 1.54) is 38.4 Å². The third-order valence-corrected chi connectivity index (χ3v) is 3.62. The number of carbonyl (C=O) groups excluding carboxylic acids is 1. The van der Waals surface area contributed by atoms with E-state index in [2.05, 4.69) is 5.32 Å². The number of carbonyl (C=O) groups is 1. The van der Waals surface area contributed by atoms with E-state index < -0.39 is 0 Å². The van der Waals surface area contributed by atoms with Crippen molar-refractivity contribution in [3.8, 4) is 0 Å². The van der Waals surface area contributed by atoms with Crippen molar-refractivity contribution >= 4 is 5.91 Å². The van der Waals surface area contributed by atoms with Crippen LogP contribution < -0.4 is 5.32 Å². The molecule has 2 rings (SSSR count). The Hall–Kier alpha value is -1.29. The van der Waals surface area contributed by atoms with Gasteiger partial charge >= 0.3 is 0 Å². The summed E-state index contributed by atoms with van der Waals surface area (Å²) in [5.74, 6) is 0.597. The van der Waals surface area contributed by atoms with Crippen molar-refractivity contribution < 1.29 is 13.9 Å². The Balaban J connectivity index is 1.56. The minimum atomic E-state index is -0.0658. The van der Waals surface area contributed by atoms with E-state index in [1.54, 1.807) is 13.0 Å². The molecule has 1 amide bonds.